The van der Waals surface area contributed by atoms with Gasteiger partial charge in [-0.1, -0.05) is 26.2 Å². The van der Waals surface area contributed by atoms with E-state index in [4.69, 9.17) is 0 Å². The summed E-state index contributed by atoms with van der Waals surface area (Å²) in [5, 5.41) is 6.36. The molecule has 172 valence electrons. The lowest BCUT2D eigenvalue weighted by atomic mass is 9.93. The number of hydrogen-bond donors (Lipinski definition) is 2. The van der Waals surface area contributed by atoms with Gasteiger partial charge in [0.1, 0.15) is 17.1 Å². The molecule has 0 radical (unpaired) electrons. The number of fused-ring (bicyclic) bond motifs is 3. The molecule has 2 heterocycles. The number of aromatic nitrogens is 1. The van der Waals surface area contributed by atoms with Crippen molar-refractivity contribution in [3.63, 3.8) is 0 Å². The Kier molecular flexibility index (Phi) is 5.97. The number of carbonyl (C=O) groups is 3. The van der Waals surface area contributed by atoms with Gasteiger partial charge in [0.05, 0.1) is 17.7 Å². The van der Waals surface area contributed by atoms with Crippen molar-refractivity contribution >= 4 is 34.3 Å². The van der Waals surface area contributed by atoms with Crippen LogP contribution in [0.15, 0.2) is 18.2 Å². The molecule has 7 nitrogen and oxygen atoms in total. The number of nitrogens with one attached hydrogen (secondary N) is 2. The quantitative estimate of drug-likeness (QED) is 0.714. The molecule has 1 aromatic heterocycles. The summed E-state index contributed by atoms with van der Waals surface area (Å²) in [6, 6.07) is 4.39. The molecule has 1 aliphatic carbocycles. The molecule has 2 aliphatic rings. The number of nitrogens with zero attached hydrogens (tertiary/aromatic N) is 2. The highest BCUT2D eigenvalue weighted by Crippen LogP contribution is 2.39. The van der Waals surface area contributed by atoms with E-state index in [1.807, 2.05) is 6.92 Å². The van der Waals surface area contributed by atoms with Crippen molar-refractivity contribution in [1.29, 1.82) is 0 Å². The second-order valence-corrected chi connectivity index (χ2v) is 9.19. The van der Waals surface area contributed by atoms with Gasteiger partial charge in [0.25, 0.3) is 5.91 Å². The Morgan fingerprint density at radius 3 is 2.62 bits per heavy atom. The first-order chi connectivity index (χ1) is 15.3. The van der Waals surface area contributed by atoms with Crippen LogP contribution in [0.1, 0.15) is 69.8 Å². The summed E-state index contributed by atoms with van der Waals surface area (Å²) >= 11 is 0. The van der Waals surface area contributed by atoms with Gasteiger partial charge in [-0.2, -0.15) is 0 Å². The van der Waals surface area contributed by atoms with E-state index in [1.165, 1.54) is 19.1 Å². The first-order valence-electron chi connectivity index (χ1n) is 11.5. The van der Waals surface area contributed by atoms with Gasteiger partial charge in [0.15, 0.2) is 0 Å². The third-order valence-corrected chi connectivity index (χ3v) is 6.75. The fourth-order valence-electron chi connectivity index (χ4n) is 5.03. The fraction of sp³-hybridized carbons (Fsp3) is 0.542. The zero-order valence-corrected chi connectivity index (χ0v) is 19.0. The Morgan fingerprint density at radius 2 is 1.97 bits per heavy atom. The van der Waals surface area contributed by atoms with Gasteiger partial charge in [-0.05, 0) is 44.4 Å². The van der Waals surface area contributed by atoms with Gasteiger partial charge in [0, 0.05) is 24.9 Å². The minimum absolute atomic E-state index is 0.134. The minimum Gasteiger partial charge on any atom is -0.351 e. The molecule has 0 saturated heterocycles. The summed E-state index contributed by atoms with van der Waals surface area (Å²) in [6.45, 7) is 5.86. The van der Waals surface area contributed by atoms with Crippen LogP contribution in [0.2, 0.25) is 0 Å². The minimum atomic E-state index is -1.09. The Labute approximate surface area is 187 Å². The second kappa shape index (κ2) is 8.56. The lowest BCUT2D eigenvalue weighted by molar-refractivity contribution is -0.133. The SMILES string of the molecule is CCCCN1C(=O)c2c(NC(C)=O)c3cc(F)ccc3n2CC1(C)C(=O)NC1CCCC1. The smallest absolute Gasteiger partial charge is 0.273 e. The molecule has 2 N–H and O–H groups in total. The van der Waals surface area contributed by atoms with Crippen LogP contribution in [-0.2, 0) is 16.1 Å². The number of halogens is 1. The predicted octanol–water partition coefficient (Wildman–Crippen LogP) is 3.81. The topological polar surface area (TPSA) is 83.4 Å². The van der Waals surface area contributed by atoms with E-state index in [0.29, 0.717) is 28.8 Å². The van der Waals surface area contributed by atoms with Crippen molar-refractivity contribution in [3.05, 3.63) is 29.7 Å². The monoisotopic (exact) mass is 442 g/mol. The third-order valence-electron chi connectivity index (χ3n) is 6.75. The van der Waals surface area contributed by atoms with Crippen LogP contribution in [0.3, 0.4) is 0 Å². The summed E-state index contributed by atoms with van der Waals surface area (Å²) in [7, 11) is 0. The highest BCUT2D eigenvalue weighted by Gasteiger charge is 2.49. The lowest BCUT2D eigenvalue weighted by Crippen LogP contribution is -2.65. The zero-order chi connectivity index (χ0) is 23.0. The van der Waals surface area contributed by atoms with Gasteiger partial charge >= 0.3 is 0 Å². The van der Waals surface area contributed by atoms with E-state index in [2.05, 4.69) is 10.6 Å². The van der Waals surface area contributed by atoms with Crippen LogP contribution < -0.4 is 10.6 Å². The lowest BCUT2D eigenvalue weighted by Gasteiger charge is -2.44. The maximum Gasteiger partial charge on any atom is 0.273 e. The number of benzene rings is 1. The fourth-order valence-corrected chi connectivity index (χ4v) is 5.03. The molecular formula is C24H31FN4O3. The number of anilines is 1. The number of hydrogen-bond acceptors (Lipinski definition) is 3. The average Bonchev–Trinajstić information content (AvgIpc) is 3.34. The standard InChI is InChI=1S/C24H31FN4O3/c1-4-5-12-29-22(31)21-20(26-15(2)30)18-13-16(25)10-11-19(18)28(21)14-24(29,3)23(32)27-17-8-6-7-9-17/h10-11,13,17H,4-9,12,14H2,1-3H3,(H,26,30)(H,27,32). The van der Waals surface area contributed by atoms with Crippen molar-refractivity contribution in [2.45, 2.75) is 77.4 Å². The molecule has 1 aliphatic heterocycles. The van der Waals surface area contributed by atoms with Crippen molar-refractivity contribution in [2.75, 3.05) is 11.9 Å². The Morgan fingerprint density at radius 1 is 1.25 bits per heavy atom. The zero-order valence-electron chi connectivity index (χ0n) is 19.0. The van der Waals surface area contributed by atoms with Crippen LogP contribution in [0.25, 0.3) is 10.9 Å². The van der Waals surface area contributed by atoms with E-state index < -0.39 is 11.4 Å². The third kappa shape index (κ3) is 3.76. The Hall–Kier alpha value is -2.90. The molecule has 4 rings (SSSR count). The normalized spacial score (nSPS) is 21.1. The van der Waals surface area contributed by atoms with E-state index in [1.54, 1.807) is 22.5 Å². The summed E-state index contributed by atoms with van der Waals surface area (Å²) in [5.41, 5.74) is 0.128. The summed E-state index contributed by atoms with van der Waals surface area (Å²) in [5.74, 6) is -1.28. The second-order valence-electron chi connectivity index (χ2n) is 9.19. The molecule has 2 aromatic rings. The first kappa shape index (κ1) is 22.3. The number of rotatable bonds is 6. The van der Waals surface area contributed by atoms with Crippen molar-refractivity contribution in [3.8, 4) is 0 Å². The van der Waals surface area contributed by atoms with Gasteiger partial charge in [0.2, 0.25) is 11.8 Å². The molecule has 0 bridgehead atoms. The molecule has 8 heteroatoms. The molecule has 3 amide bonds. The van der Waals surface area contributed by atoms with Crippen molar-refractivity contribution in [2.24, 2.45) is 0 Å². The van der Waals surface area contributed by atoms with E-state index in [-0.39, 0.29) is 30.3 Å². The Balaban J connectivity index is 1.84. The average molecular weight is 443 g/mol. The van der Waals surface area contributed by atoms with E-state index in [9.17, 15) is 18.8 Å². The van der Waals surface area contributed by atoms with Crippen LogP contribution in [0, 0.1) is 5.82 Å². The van der Waals surface area contributed by atoms with Gasteiger partial charge in [-0.3, -0.25) is 14.4 Å². The maximum atomic E-state index is 14.1. The van der Waals surface area contributed by atoms with Gasteiger partial charge in [-0.15, -0.1) is 0 Å². The molecule has 1 unspecified atom stereocenters. The first-order valence-corrected chi connectivity index (χ1v) is 11.5. The molecule has 1 fully saturated rings. The van der Waals surface area contributed by atoms with Crippen molar-refractivity contribution < 1.29 is 18.8 Å². The summed E-state index contributed by atoms with van der Waals surface area (Å²) in [4.78, 5) is 40.9. The molecule has 1 aromatic carbocycles. The van der Waals surface area contributed by atoms with Crippen LogP contribution in [0.5, 0.6) is 0 Å². The summed E-state index contributed by atoms with van der Waals surface area (Å²) < 4.78 is 15.8. The van der Waals surface area contributed by atoms with Gasteiger partial charge in [-0.25, -0.2) is 4.39 Å². The molecule has 1 atom stereocenters. The van der Waals surface area contributed by atoms with Gasteiger partial charge < -0.3 is 20.1 Å². The largest absolute Gasteiger partial charge is 0.351 e. The molecule has 32 heavy (non-hydrogen) atoms. The predicted molar refractivity (Wildman–Crippen MR) is 121 cm³/mol. The highest BCUT2D eigenvalue weighted by atomic mass is 19.1. The van der Waals surface area contributed by atoms with E-state index >= 15 is 0 Å². The number of unbranched alkanes of at least 4 members (excludes halogenated alkanes) is 1. The number of carbonyl (C=O) groups excluding carboxylic acids is 3. The number of amides is 3. The van der Waals surface area contributed by atoms with Crippen LogP contribution in [-0.4, -0.2) is 45.3 Å². The molecule has 0 spiro atoms. The van der Waals surface area contributed by atoms with E-state index in [0.717, 1.165) is 38.5 Å². The maximum absolute atomic E-state index is 14.1. The van der Waals surface area contributed by atoms with Crippen LogP contribution in [0.4, 0.5) is 10.1 Å². The van der Waals surface area contributed by atoms with Crippen molar-refractivity contribution in [1.82, 2.24) is 14.8 Å². The summed E-state index contributed by atoms with van der Waals surface area (Å²) in [6.07, 6.45) is 5.72. The molecular weight excluding hydrogens is 411 g/mol. The highest BCUT2D eigenvalue weighted by molar-refractivity contribution is 6.14. The van der Waals surface area contributed by atoms with Crippen LogP contribution >= 0.6 is 0 Å². The molecule has 1 saturated carbocycles. The Bertz CT molecular complexity index is 1070.